The summed E-state index contributed by atoms with van der Waals surface area (Å²) in [5, 5.41) is 19.3. The van der Waals surface area contributed by atoms with Gasteiger partial charge in [-0.05, 0) is 47.5 Å². The Morgan fingerprint density at radius 1 is 0.966 bits per heavy atom. The summed E-state index contributed by atoms with van der Waals surface area (Å²) < 4.78 is 32.4. The Kier molecular flexibility index (Phi) is 6.25. The zero-order valence-electron chi connectivity index (χ0n) is 14.8. The number of aliphatic carboxylic acids is 1. The highest BCUT2D eigenvalue weighted by Gasteiger charge is 2.15. The molecule has 29 heavy (non-hydrogen) atoms. The van der Waals surface area contributed by atoms with E-state index in [4.69, 9.17) is 33.0 Å². The second kappa shape index (κ2) is 8.68. The minimum Gasteiger partial charge on any atom is -0.507 e. The third-order valence-corrected chi connectivity index (χ3v) is 4.81. The summed E-state index contributed by atoms with van der Waals surface area (Å²) in [6, 6.07) is 10.6. The van der Waals surface area contributed by atoms with E-state index in [0.29, 0.717) is 11.1 Å². The molecule has 0 atom stereocenters. The van der Waals surface area contributed by atoms with E-state index in [9.17, 15) is 18.7 Å². The van der Waals surface area contributed by atoms with Crippen LogP contribution in [-0.4, -0.2) is 22.8 Å². The monoisotopic (exact) mass is 438 g/mol. The lowest BCUT2D eigenvalue weighted by molar-refractivity contribution is -0.139. The summed E-state index contributed by atoms with van der Waals surface area (Å²) in [6.07, 6.45) is 0.257. The van der Waals surface area contributed by atoms with E-state index in [1.807, 2.05) is 0 Å². The molecule has 150 valence electrons. The van der Waals surface area contributed by atoms with Crippen molar-refractivity contribution in [1.82, 2.24) is 0 Å². The van der Waals surface area contributed by atoms with Crippen LogP contribution in [0.4, 0.5) is 8.78 Å². The number of carbonyl (C=O) groups is 1. The molecule has 0 heterocycles. The Balaban J connectivity index is 1.92. The van der Waals surface area contributed by atoms with Crippen molar-refractivity contribution < 1.29 is 28.5 Å². The van der Waals surface area contributed by atoms with Crippen LogP contribution in [-0.2, 0) is 11.2 Å². The number of hydrogen-bond acceptors (Lipinski definition) is 3. The highest BCUT2D eigenvalue weighted by Crippen LogP contribution is 2.36. The number of carboxylic acids is 1. The molecule has 0 radical (unpaired) electrons. The summed E-state index contributed by atoms with van der Waals surface area (Å²) in [5.74, 6) is -2.59. The summed E-state index contributed by atoms with van der Waals surface area (Å²) >= 11 is 12.5. The number of aromatic hydroxyl groups is 1. The van der Waals surface area contributed by atoms with E-state index in [0.717, 1.165) is 12.1 Å². The smallest absolute Gasteiger partial charge is 0.341 e. The van der Waals surface area contributed by atoms with E-state index in [1.165, 1.54) is 24.3 Å². The van der Waals surface area contributed by atoms with Gasteiger partial charge >= 0.3 is 5.97 Å². The third-order valence-electron chi connectivity index (χ3n) is 4.14. The molecule has 0 fully saturated rings. The van der Waals surface area contributed by atoms with Crippen LogP contribution in [0.5, 0.6) is 11.5 Å². The van der Waals surface area contributed by atoms with Gasteiger partial charge in [0, 0.05) is 33.7 Å². The number of phenolic OH excluding ortho intramolecular Hbond substituents is 1. The molecule has 3 aromatic carbocycles. The van der Waals surface area contributed by atoms with Crippen molar-refractivity contribution >= 4 is 29.2 Å². The van der Waals surface area contributed by atoms with Gasteiger partial charge in [-0.25, -0.2) is 13.6 Å². The topological polar surface area (TPSA) is 66.8 Å². The molecule has 0 bridgehead atoms. The van der Waals surface area contributed by atoms with Crippen LogP contribution in [0, 0.1) is 11.6 Å². The van der Waals surface area contributed by atoms with Crippen molar-refractivity contribution in [3.05, 3.63) is 81.3 Å². The fourth-order valence-corrected chi connectivity index (χ4v) is 3.40. The molecule has 0 saturated carbocycles. The Labute approximate surface area is 174 Å². The Morgan fingerprint density at radius 3 is 2.28 bits per heavy atom. The average molecular weight is 439 g/mol. The minimum absolute atomic E-state index is 0.0559. The molecule has 0 saturated heterocycles. The molecule has 0 aliphatic carbocycles. The lowest BCUT2D eigenvalue weighted by atomic mass is 9.97. The normalized spacial score (nSPS) is 10.8. The van der Waals surface area contributed by atoms with Gasteiger partial charge in [0.05, 0.1) is 0 Å². The maximum absolute atomic E-state index is 14.1. The number of hydrogen-bond donors (Lipinski definition) is 2. The predicted octanol–water partition coefficient (Wildman–Crippen LogP) is 5.70. The van der Waals surface area contributed by atoms with Gasteiger partial charge < -0.3 is 14.9 Å². The van der Waals surface area contributed by atoms with Crippen LogP contribution in [0.2, 0.25) is 10.0 Å². The molecule has 4 nitrogen and oxygen atoms in total. The molecule has 0 aliphatic heterocycles. The van der Waals surface area contributed by atoms with Crippen molar-refractivity contribution in [3.63, 3.8) is 0 Å². The molecule has 2 N–H and O–H groups in total. The first-order valence-electron chi connectivity index (χ1n) is 8.34. The standard InChI is InChI=1S/C21H14Cl2F2O4/c22-17-8-13(29-10-21(27)28)9-18(23)16(17)6-11-1-4-20(26)15(5-11)14-3-2-12(24)7-19(14)25/h1-5,7-9,26H,6,10H2,(H,27,28). The van der Waals surface area contributed by atoms with Crippen molar-refractivity contribution in [3.8, 4) is 22.6 Å². The number of carboxylic acid groups (broad SMARTS) is 1. The lowest BCUT2D eigenvalue weighted by Crippen LogP contribution is -2.09. The van der Waals surface area contributed by atoms with E-state index >= 15 is 0 Å². The molecule has 3 aromatic rings. The van der Waals surface area contributed by atoms with Crippen molar-refractivity contribution in [2.24, 2.45) is 0 Å². The van der Waals surface area contributed by atoms with Crippen LogP contribution in [0.15, 0.2) is 48.5 Å². The third kappa shape index (κ3) is 4.96. The number of ether oxygens (including phenoxy) is 1. The number of phenols is 1. The quantitative estimate of drug-likeness (QED) is 0.517. The summed E-state index contributed by atoms with van der Waals surface area (Å²) in [6.45, 7) is -0.531. The van der Waals surface area contributed by atoms with Gasteiger partial charge in [-0.15, -0.1) is 0 Å². The summed E-state index contributed by atoms with van der Waals surface area (Å²) in [4.78, 5) is 10.6. The van der Waals surface area contributed by atoms with Crippen LogP contribution < -0.4 is 4.74 Å². The van der Waals surface area contributed by atoms with Crippen LogP contribution >= 0.6 is 23.2 Å². The second-order valence-electron chi connectivity index (χ2n) is 6.20. The van der Waals surface area contributed by atoms with Gasteiger partial charge in [0.1, 0.15) is 23.1 Å². The molecule has 0 aliphatic rings. The number of rotatable bonds is 6. The van der Waals surface area contributed by atoms with Gasteiger partial charge in [0.25, 0.3) is 0 Å². The average Bonchev–Trinajstić information content (AvgIpc) is 2.64. The number of benzene rings is 3. The summed E-state index contributed by atoms with van der Waals surface area (Å²) in [5.41, 5.74) is 1.48. The van der Waals surface area contributed by atoms with Gasteiger partial charge in [-0.1, -0.05) is 29.3 Å². The zero-order valence-corrected chi connectivity index (χ0v) is 16.3. The van der Waals surface area contributed by atoms with Gasteiger partial charge in [0.15, 0.2) is 6.61 Å². The van der Waals surface area contributed by atoms with Crippen molar-refractivity contribution in [2.45, 2.75) is 6.42 Å². The SMILES string of the molecule is O=C(O)COc1cc(Cl)c(Cc2ccc(O)c(-c3ccc(F)cc3F)c2)c(Cl)c1. The zero-order chi connectivity index (χ0) is 21.1. The van der Waals surface area contributed by atoms with Gasteiger partial charge in [-0.3, -0.25) is 0 Å². The molecule has 0 unspecified atom stereocenters. The Bertz CT molecular complexity index is 1060. The van der Waals surface area contributed by atoms with Crippen LogP contribution in [0.3, 0.4) is 0 Å². The van der Waals surface area contributed by atoms with Crippen molar-refractivity contribution in [2.75, 3.05) is 6.61 Å². The number of halogens is 4. The van der Waals surface area contributed by atoms with Gasteiger partial charge in [-0.2, -0.15) is 0 Å². The molecule has 0 spiro atoms. The largest absolute Gasteiger partial charge is 0.507 e. The molecule has 0 aromatic heterocycles. The second-order valence-corrected chi connectivity index (χ2v) is 7.01. The molecule has 0 amide bonds. The summed E-state index contributed by atoms with van der Waals surface area (Å²) in [7, 11) is 0. The maximum Gasteiger partial charge on any atom is 0.341 e. The van der Waals surface area contributed by atoms with E-state index in [1.54, 1.807) is 12.1 Å². The minimum atomic E-state index is -1.13. The van der Waals surface area contributed by atoms with Crippen molar-refractivity contribution in [1.29, 1.82) is 0 Å². The van der Waals surface area contributed by atoms with E-state index in [2.05, 4.69) is 0 Å². The highest BCUT2D eigenvalue weighted by atomic mass is 35.5. The first kappa shape index (κ1) is 20.9. The first-order chi connectivity index (χ1) is 13.7. The maximum atomic E-state index is 14.1. The molecular weight excluding hydrogens is 425 g/mol. The Morgan fingerprint density at radius 2 is 1.66 bits per heavy atom. The fourth-order valence-electron chi connectivity index (χ4n) is 2.80. The molecular formula is C21H14Cl2F2O4. The fraction of sp³-hybridized carbons (Fsp3) is 0.0952. The molecule has 8 heteroatoms. The van der Waals surface area contributed by atoms with E-state index in [-0.39, 0.29) is 39.1 Å². The highest BCUT2D eigenvalue weighted by molar-refractivity contribution is 6.36. The Hall–Kier alpha value is -2.83. The first-order valence-corrected chi connectivity index (χ1v) is 9.10. The van der Waals surface area contributed by atoms with Crippen LogP contribution in [0.25, 0.3) is 11.1 Å². The van der Waals surface area contributed by atoms with Crippen LogP contribution in [0.1, 0.15) is 11.1 Å². The van der Waals surface area contributed by atoms with E-state index < -0.39 is 24.2 Å². The van der Waals surface area contributed by atoms with Gasteiger partial charge in [0.2, 0.25) is 0 Å². The molecule has 3 rings (SSSR count). The predicted molar refractivity (Wildman–Crippen MR) is 106 cm³/mol. The lowest BCUT2D eigenvalue weighted by Gasteiger charge is -2.13.